The number of esters is 1. The van der Waals surface area contributed by atoms with Crippen LogP contribution < -0.4 is 10.6 Å². The van der Waals surface area contributed by atoms with Gasteiger partial charge < -0.3 is 15.4 Å². The normalized spacial score (nSPS) is 11.6. The van der Waals surface area contributed by atoms with Gasteiger partial charge in [-0.05, 0) is 61.8 Å². The zero-order chi connectivity index (χ0) is 19.3. The van der Waals surface area contributed by atoms with E-state index in [0.717, 1.165) is 6.42 Å². The minimum Gasteiger partial charge on any atom is -0.465 e. The molecule has 0 aliphatic carbocycles. The van der Waals surface area contributed by atoms with Crippen LogP contribution in [-0.2, 0) is 4.74 Å². The molecule has 0 fully saturated rings. The van der Waals surface area contributed by atoms with Crippen LogP contribution in [0.1, 0.15) is 46.4 Å². The number of halogens is 1. The number of aryl methyl sites for hydroxylation is 2. The second-order valence-electron chi connectivity index (χ2n) is 6.11. The Morgan fingerprint density at radius 2 is 1.96 bits per heavy atom. The average molecular weight is 391 g/mol. The Balaban J connectivity index is 2.15. The molecule has 0 heterocycles. The van der Waals surface area contributed by atoms with Crippen LogP contribution in [0.15, 0.2) is 36.4 Å². The lowest BCUT2D eigenvalue weighted by Gasteiger charge is -2.22. The molecule has 2 N–H and O–H groups in total. The highest BCUT2D eigenvalue weighted by atomic mass is 35.5. The van der Waals surface area contributed by atoms with Crippen LogP contribution in [0.4, 0.5) is 5.69 Å². The van der Waals surface area contributed by atoms with E-state index in [2.05, 4.69) is 49.6 Å². The molecular formula is C20H23ClN2O2S. The van der Waals surface area contributed by atoms with E-state index >= 15 is 0 Å². The summed E-state index contributed by atoms with van der Waals surface area (Å²) in [4.78, 5) is 11.7. The molecule has 2 aromatic carbocycles. The predicted molar refractivity (Wildman–Crippen MR) is 111 cm³/mol. The van der Waals surface area contributed by atoms with Crippen LogP contribution in [0.5, 0.6) is 0 Å². The fraction of sp³-hybridized carbons (Fsp3) is 0.300. The first-order chi connectivity index (χ1) is 12.3. The topological polar surface area (TPSA) is 50.4 Å². The van der Waals surface area contributed by atoms with Gasteiger partial charge in [0.2, 0.25) is 0 Å². The molecule has 0 bridgehead atoms. The molecule has 4 nitrogen and oxygen atoms in total. The van der Waals surface area contributed by atoms with E-state index in [4.69, 9.17) is 28.6 Å². The number of anilines is 1. The number of thiocarbonyl (C=S) groups is 1. The SMILES string of the molecule is CCC(NC(=S)Nc1cc(C(=O)OC)ccc1Cl)c1ccc(C)cc1C. The number of benzene rings is 2. The minimum absolute atomic E-state index is 0.0816. The van der Waals surface area contributed by atoms with Gasteiger partial charge in [0.1, 0.15) is 0 Å². The standard InChI is InChI=1S/C20H23ClN2O2S/c1-5-17(15-8-6-12(2)10-13(15)3)22-20(26)23-18-11-14(19(24)25-4)7-9-16(18)21/h6-11,17H,5H2,1-4H3,(H2,22,23,26). The van der Waals surface area contributed by atoms with Crippen molar-refractivity contribution in [3.63, 3.8) is 0 Å². The molecule has 138 valence electrons. The molecular weight excluding hydrogens is 368 g/mol. The largest absolute Gasteiger partial charge is 0.465 e. The zero-order valence-corrected chi connectivity index (χ0v) is 16.9. The van der Waals surface area contributed by atoms with E-state index in [1.165, 1.54) is 23.8 Å². The van der Waals surface area contributed by atoms with Crippen molar-refractivity contribution in [2.75, 3.05) is 12.4 Å². The summed E-state index contributed by atoms with van der Waals surface area (Å²) in [6.45, 7) is 6.28. The fourth-order valence-corrected chi connectivity index (χ4v) is 3.22. The molecule has 6 heteroatoms. The van der Waals surface area contributed by atoms with Crippen molar-refractivity contribution in [2.24, 2.45) is 0 Å². The Labute approximate surface area is 164 Å². The van der Waals surface area contributed by atoms with Crippen LogP contribution in [0.25, 0.3) is 0 Å². The molecule has 0 aliphatic rings. The van der Waals surface area contributed by atoms with Crippen LogP contribution in [0, 0.1) is 13.8 Å². The first-order valence-electron chi connectivity index (χ1n) is 8.38. The summed E-state index contributed by atoms with van der Waals surface area (Å²) in [6, 6.07) is 11.3. The van der Waals surface area contributed by atoms with Crippen molar-refractivity contribution in [1.82, 2.24) is 5.32 Å². The summed E-state index contributed by atoms with van der Waals surface area (Å²) in [7, 11) is 1.34. The number of carbonyl (C=O) groups excluding carboxylic acids is 1. The number of rotatable bonds is 5. The monoisotopic (exact) mass is 390 g/mol. The summed E-state index contributed by atoms with van der Waals surface area (Å²) in [5.41, 5.74) is 4.62. The van der Waals surface area contributed by atoms with Gasteiger partial charge in [-0.2, -0.15) is 0 Å². The molecule has 0 saturated carbocycles. The summed E-state index contributed by atoms with van der Waals surface area (Å²) in [5, 5.41) is 7.32. The van der Waals surface area contributed by atoms with Gasteiger partial charge >= 0.3 is 5.97 Å². The molecule has 2 aromatic rings. The second kappa shape index (κ2) is 9.01. The van der Waals surface area contributed by atoms with Crippen molar-refractivity contribution in [1.29, 1.82) is 0 Å². The van der Waals surface area contributed by atoms with Gasteiger partial charge in [0.25, 0.3) is 0 Å². The maximum Gasteiger partial charge on any atom is 0.337 e. The molecule has 2 rings (SSSR count). The van der Waals surface area contributed by atoms with Gasteiger partial charge in [0.15, 0.2) is 5.11 Å². The van der Waals surface area contributed by atoms with Crippen molar-refractivity contribution >= 4 is 40.6 Å². The third-order valence-corrected chi connectivity index (χ3v) is 4.70. The molecule has 0 aliphatic heterocycles. The summed E-state index contributed by atoms with van der Waals surface area (Å²) >= 11 is 11.7. The van der Waals surface area contributed by atoms with Crippen LogP contribution in [0.3, 0.4) is 0 Å². The van der Waals surface area contributed by atoms with Crippen molar-refractivity contribution < 1.29 is 9.53 Å². The number of hydrogen-bond acceptors (Lipinski definition) is 3. The molecule has 26 heavy (non-hydrogen) atoms. The summed E-state index contributed by atoms with van der Waals surface area (Å²) in [5.74, 6) is -0.426. The number of ether oxygens (including phenoxy) is 1. The third-order valence-electron chi connectivity index (χ3n) is 4.15. The number of hydrogen-bond donors (Lipinski definition) is 2. The van der Waals surface area contributed by atoms with Crippen molar-refractivity contribution in [3.8, 4) is 0 Å². The predicted octanol–water partition coefficient (Wildman–Crippen LogP) is 5.18. The van der Waals surface area contributed by atoms with Crippen molar-refractivity contribution in [2.45, 2.75) is 33.2 Å². The Kier molecular flexibility index (Phi) is 7.00. The Bertz CT molecular complexity index is 823. The lowest BCUT2D eigenvalue weighted by atomic mass is 9.98. The second-order valence-corrected chi connectivity index (χ2v) is 6.92. The van der Waals surface area contributed by atoms with Gasteiger partial charge in [0.05, 0.1) is 29.4 Å². The van der Waals surface area contributed by atoms with Gasteiger partial charge in [0, 0.05) is 0 Å². The van der Waals surface area contributed by atoms with Gasteiger partial charge in [-0.15, -0.1) is 0 Å². The average Bonchev–Trinajstić information content (AvgIpc) is 2.61. The Morgan fingerprint density at radius 3 is 2.58 bits per heavy atom. The van der Waals surface area contributed by atoms with Gasteiger partial charge in [-0.1, -0.05) is 42.3 Å². The van der Waals surface area contributed by atoms with E-state index < -0.39 is 5.97 Å². The highest BCUT2D eigenvalue weighted by Crippen LogP contribution is 2.25. The quantitative estimate of drug-likeness (QED) is 0.544. The van der Waals surface area contributed by atoms with E-state index in [1.54, 1.807) is 18.2 Å². The van der Waals surface area contributed by atoms with E-state index in [9.17, 15) is 4.79 Å². The Morgan fingerprint density at radius 1 is 1.23 bits per heavy atom. The van der Waals surface area contributed by atoms with Crippen molar-refractivity contribution in [3.05, 3.63) is 63.7 Å². The Hall–Kier alpha value is -2.11. The van der Waals surface area contributed by atoms with Crippen LogP contribution >= 0.6 is 23.8 Å². The zero-order valence-electron chi connectivity index (χ0n) is 15.4. The highest BCUT2D eigenvalue weighted by molar-refractivity contribution is 7.80. The lowest BCUT2D eigenvalue weighted by Crippen LogP contribution is -2.32. The van der Waals surface area contributed by atoms with Gasteiger partial charge in [-0.25, -0.2) is 4.79 Å². The fourth-order valence-electron chi connectivity index (χ4n) is 2.80. The highest BCUT2D eigenvalue weighted by Gasteiger charge is 2.15. The molecule has 0 amide bonds. The first-order valence-corrected chi connectivity index (χ1v) is 9.16. The number of carbonyl (C=O) groups is 1. The van der Waals surface area contributed by atoms with Crippen LogP contribution in [0.2, 0.25) is 5.02 Å². The molecule has 0 saturated heterocycles. The van der Waals surface area contributed by atoms with Gasteiger partial charge in [-0.3, -0.25) is 0 Å². The molecule has 0 spiro atoms. The van der Waals surface area contributed by atoms with E-state index in [1.807, 2.05) is 0 Å². The maximum absolute atomic E-state index is 11.7. The minimum atomic E-state index is -0.426. The van der Waals surface area contributed by atoms with Crippen LogP contribution in [-0.4, -0.2) is 18.2 Å². The molecule has 0 aromatic heterocycles. The molecule has 1 unspecified atom stereocenters. The third kappa shape index (κ3) is 4.96. The summed E-state index contributed by atoms with van der Waals surface area (Å²) < 4.78 is 4.74. The lowest BCUT2D eigenvalue weighted by molar-refractivity contribution is 0.0601. The smallest absolute Gasteiger partial charge is 0.337 e. The first kappa shape index (κ1) is 20.2. The van der Waals surface area contributed by atoms with E-state index in [-0.39, 0.29) is 6.04 Å². The maximum atomic E-state index is 11.7. The molecule has 0 radical (unpaired) electrons. The van der Waals surface area contributed by atoms with E-state index in [0.29, 0.717) is 21.4 Å². The summed E-state index contributed by atoms with van der Waals surface area (Å²) in [6.07, 6.45) is 0.877. The number of methoxy groups -OCH3 is 1. The number of nitrogens with one attached hydrogen (secondary N) is 2. The molecule has 1 atom stereocenters.